The summed E-state index contributed by atoms with van der Waals surface area (Å²) in [5.74, 6) is 0. The van der Waals surface area contributed by atoms with E-state index in [0.29, 0.717) is 0 Å². The molecule has 0 aromatic carbocycles. The van der Waals surface area contributed by atoms with Crippen molar-refractivity contribution in [3.63, 3.8) is 0 Å². The van der Waals surface area contributed by atoms with Gasteiger partial charge in [-0.2, -0.15) is 0 Å². The van der Waals surface area contributed by atoms with Crippen molar-refractivity contribution in [2.75, 3.05) is 26.2 Å². The summed E-state index contributed by atoms with van der Waals surface area (Å²) in [6, 6.07) is 8.61. The predicted molar refractivity (Wildman–Crippen MR) is 93.0 cm³/mol. The summed E-state index contributed by atoms with van der Waals surface area (Å²) in [5, 5.41) is 0. The standard InChI is InChI=1S/C19H26N4/c1-2-17-4-5-19(21-14-17)16-23-11-3-10-22(12-13-23)15-18-6-8-20-9-7-18/h4-9,14H,2-3,10-13,15-16H2,1H3. The molecule has 0 unspecified atom stereocenters. The molecule has 0 aliphatic carbocycles. The van der Waals surface area contributed by atoms with Crippen LogP contribution in [-0.4, -0.2) is 45.9 Å². The van der Waals surface area contributed by atoms with Gasteiger partial charge in [-0.15, -0.1) is 0 Å². The first kappa shape index (κ1) is 16.1. The van der Waals surface area contributed by atoms with Crippen molar-refractivity contribution in [2.45, 2.75) is 32.9 Å². The summed E-state index contributed by atoms with van der Waals surface area (Å²) < 4.78 is 0. The first-order valence-corrected chi connectivity index (χ1v) is 8.61. The number of nitrogens with zero attached hydrogens (tertiary/aromatic N) is 4. The number of aryl methyl sites for hydroxylation is 1. The molecule has 122 valence electrons. The summed E-state index contributed by atoms with van der Waals surface area (Å²) in [6.45, 7) is 8.72. The first-order valence-electron chi connectivity index (χ1n) is 8.61. The van der Waals surface area contributed by atoms with Crippen molar-refractivity contribution in [1.29, 1.82) is 0 Å². The summed E-state index contributed by atoms with van der Waals surface area (Å²) >= 11 is 0. The Labute approximate surface area is 139 Å². The third-order valence-electron chi connectivity index (χ3n) is 4.52. The maximum absolute atomic E-state index is 4.60. The van der Waals surface area contributed by atoms with Gasteiger partial charge in [-0.1, -0.05) is 13.0 Å². The van der Waals surface area contributed by atoms with Crippen LogP contribution >= 0.6 is 0 Å². The van der Waals surface area contributed by atoms with E-state index in [1.807, 2.05) is 18.6 Å². The van der Waals surface area contributed by atoms with Gasteiger partial charge < -0.3 is 0 Å². The van der Waals surface area contributed by atoms with Gasteiger partial charge in [0.1, 0.15) is 0 Å². The highest BCUT2D eigenvalue weighted by atomic mass is 15.2. The molecule has 1 fully saturated rings. The van der Waals surface area contributed by atoms with Crippen LogP contribution in [0.4, 0.5) is 0 Å². The lowest BCUT2D eigenvalue weighted by Crippen LogP contribution is -2.30. The van der Waals surface area contributed by atoms with Crippen molar-refractivity contribution >= 4 is 0 Å². The topological polar surface area (TPSA) is 32.3 Å². The molecule has 0 spiro atoms. The summed E-state index contributed by atoms with van der Waals surface area (Å²) in [7, 11) is 0. The fourth-order valence-corrected chi connectivity index (χ4v) is 3.07. The molecule has 1 aliphatic heterocycles. The summed E-state index contributed by atoms with van der Waals surface area (Å²) in [4.78, 5) is 13.8. The molecule has 0 bridgehead atoms. The molecule has 2 aromatic rings. The van der Waals surface area contributed by atoms with Crippen LogP contribution in [0.15, 0.2) is 42.9 Å². The lowest BCUT2D eigenvalue weighted by molar-refractivity contribution is 0.245. The Morgan fingerprint density at radius 1 is 0.870 bits per heavy atom. The molecule has 0 atom stereocenters. The number of aromatic nitrogens is 2. The third-order valence-corrected chi connectivity index (χ3v) is 4.52. The Balaban J connectivity index is 1.51. The van der Waals surface area contributed by atoms with E-state index in [0.717, 1.165) is 39.1 Å². The average Bonchev–Trinajstić information content (AvgIpc) is 2.82. The van der Waals surface area contributed by atoms with E-state index < -0.39 is 0 Å². The van der Waals surface area contributed by atoms with Crippen LogP contribution in [0, 0.1) is 0 Å². The number of hydrogen-bond acceptors (Lipinski definition) is 4. The lowest BCUT2D eigenvalue weighted by atomic mass is 10.2. The van der Waals surface area contributed by atoms with Crippen LogP contribution in [-0.2, 0) is 19.5 Å². The van der Waals surface area contributed by atoms with E-state index in [-0.39, 0.29) is 0 Å². The fraction of sp³-hybridized carbons (Fsp3) is 0.474. The Kier molecular flexibility index (Phi) is 5.72. The minimum absolute atomic E-state index is 0.965. The van der Waals surface area contributed by atoms with E-state index in [4.69, 9.17) is 0 Å². The van der Waals surface area contributed by atoms with Gasteiger partial charge in [0.15, 0.2) is 0 Å². The average molecular weight is 310 g/mol. The molecule has 0 N–H and O–H groups in total. The Bertz CT molecular complexity index is 582. The molecule has 4 nitrogen and oxygen atoms in total. The molecule has 3 rings (SSSR count). The molecular weight excluding hydrogens is 284 g/mol. The summed E-state index contributed by atoms with van der Waals surface area (Å²) in [5.41, 5.74) is 3.85. The van der Waals surface area contributed by atoms with Crippen LogP contribution < -0.4 is 0 Å². The molecule has 1 saturated heterocycles. The molecule has 0 radical (unpaired) electrons. The highest BCUT2D eigenvalue weighted by Crippen LogP contribution is 2.11. The Hall–Kier alpha value is -1.78. The molecule has 4 heteroatoms. The molecule has 2 aromatic heterocycles. The van der Waals surface area contributed by atoms with Crippen LogP contribution in [0.3, 0.4) is 0 Å². The minimum Gasteiger partial charge on any atom is -0.298 e. The van der Waals surface area contributed by atoms with E-state index in [2.05, 4.69) is 51.0 Å². The Morgan fingerprint density at radius 3 is 2.26 bits per heavy atom. The van der Waals surface area contributed by atoms with Crippen LogP contribution in [0.1, 0.15) is 30.2 Å². The molecule has 0 saturated carbocycles. The van der Waals surface area contributed by atoms with Gasteiger partial charge in [-0.3, -0.25) is 19.8 Å². The Morgan fingerprint density at radius 2 is 1.61 bits per heavy atom. The summed E-state index contributed by atoms with van der Waals surface area (Å²) in [6.07, 6.45) is 8.05. The maximum atomic E-state index is 4.60. The smallest absolute Gasteiger partial charge is 0.0544 e. The molecular formula is C19H26N4. The second-order valence-corrected chi connectivity index (χ2v) is 6.27. The van der Waals surface area contributed by atoms with Gasteiger partial charge in [0, 0.05) is 44.8 Å². The van der Waals surface area contributed by atoms with Crippen molar-refractivity contribution in [3.8, 4) is 0 Å². The fourth-order valence-electron chi connectivity index (χ4n) is 3.07. The molecule has 1 aliphatic rings. The van der Waals surface area contributed by atoms with Crippen molar-refractivity contribution in [2.24, 2.45) is 0 Å². The largest absolute Gasteiger partial charge is 0.298 e. The SMILES string of the molecule is CCc1ccc(CN2CCCN(Cc3ccncc3)CC2)nc1. The van der Waals surface area contributed by atoms with E-state index in [1.54, 1.807) is 0 Å². The van der Waals surface area contributed by atoms with Crippen molar-refractivity contribution in [3.05, 3.63) is 59.7 Å². The van der Waals surface area contributed by atoms with E-state index >= 15 is 0 Å². The van der Waals surface area contributed by atoms with Gasteiger partial charge in [-0.25, -0.2) is 0 Å². The van der Waals surface area contributed by atoms with Crippen molar-refractivity contribution in [1.82, 2.24) is 19.8 Å². The third kappa shape index (κ3) is 4.85. The zero-order valence-corrected chi connectivity index (χ0v) is 14.0. The minimum atomic E-state index is 0.965. The maximum Gasteiger partial charge on any atom is 0.0544 e. The number of pyridine rings is 2. The van der Waals surface area contributed by atoms with Crippen LogP contribution in [0.5, 0.6) is 0 Å². The van der Waals surface area contributed by atoms with Crippen LogP contribution in [0.25, 0.3) is 0 Å². The van der Waals surface area contributed by atoms with Crippen LogP contribution in [0.2, 0.25) is 0 Å². The second-order valence-electron chi connectivity index (χ2n) is 6.27. The van der Waals surface area contributed by atoms with Gasteiger partial charge in [0.25, 0.3) is 0 Å². The van der Waals surface area contributed by atoms with Gasteiger partial charge in [0.2, 0.25) is 0 Å². The zero-order chi connectivity index (χ0) is 15.9. The quantitative estimate of drug-likeness (QED) is 0.850. The van der Waals surface area contributed by atoms with Gasteiger partial charge in [-0.05, 0) is 55.3 Å². The number of hydrogen-bond donors (Lipinski definition) is 0. The highest BCUT2D eigenvalue weighted by Gasteiger charge is 2.15. The number of rotatable bonds is 5. The van der Waals surface area contributed by atoms with E-state index in [9.17, 15) is 0 Å². The highest BCUT2D eigenvalue weighted by molar-refractivity contribution is 5.14. The normalized spacial score (nSPS) is 17.1. The van der Waals surface area contributed by atoms with Gasteiger partial charge >= 0.3 is 0 Å². The predicted octanol–water partition coefficient (Wildman–Crippen LogP) is 2.75. The molecule has 3 heterocycles. The monoisotopic (exact) mass is 310 g/mol. The first-order chi connectivity index (χ1) is 11.3. The molecule has 0 amide bonds. The lowest BCUT2D eigenvalue weighted by Gasteiger charge is -2.21. The second kappa shape index (κ2) is 8.18. The molecule has 23 heavy (non-hydrogen) atoms. The van der Waals surface area contributed by atoms with E-state index in [1.165, 1.54) is 29.8 Å². The zero-order valence-electron chi connectivity index (χ0n) is 14.0. The van der Waals surface area contributed by atoms with Gasteiger partial charge in [0.05, 0.1) is 5.69 Å². The van der Waals surface area contributed by atoms with Crippen molar-refractivity contribution < 1.29 is 0 Å².